The first kappa shape index (κ1) is 17.7. The minimum absolute atomic E-state index is 0.0517. The highest BCUT2D eigenvalue weighted by atomic mass is 32.1. The number of furan rings is 1. The van der Waals surface area contributed by atoms with Crippen LogP contribution in [0.1, 0.15) is 63.5 Å². The van der Waals surface area contributed by atoms with Crippen LogP contribution >= 0.6 is 11.3 Å². The van der Waals surface area contributed by atoms with Crippen molar-refractivity contribution in [1.29, 1.82) is 0 Å². The van der Waals surface area contributed by atoms with Crippen molar-refractivity contribution in [1.82, 2.24) is 15.2 Å². The van der Waals surface area contributed by atoms with Crippen LogP contribution in [0.3, 0.4) is 0 Å². The fraction of sp³-hybridized carbons (Fsp3) is 0.500. The molecular weight excluding hydrogens is 338 g/mol. The number of rotatable bonds is 4. The molecule has 1 fully saturated rings. The highest BCUT2D eigenvalue weighted by Gasteiger charge is 2.28. The van der Waals surface area contributed by atoms with E-state index in [4.69, 9.17) is 4.42 Å². The lowest BCUT2D eigenvalue weighted by molar-refractivity contribution is 0.0647. The van der Waals surface area contributed by atoms with Crippen LogP contribution in [0.2, 0.25) is 0 Å². The number of likely N-dealkylation sites (tertiary alicyclic amines) is 1. The molecule has 6 nitrogen and oxygen atoms in total. The summed E-state index contributed by atoms with van der Waals surface area (Å²) in [5.41, 5.74) is 0.769. The van der Waals surface area contributed by atoms with Crippen molar-refractivity contribution in [2.24, 2.45) is 0 Å². The Morgan fingerprint density at radius 2 is 2.24 bits per heavy atom. The van der Waals surface area contributed by atoms with E-state index in [1.165, 1.54) is 17.6 Å². The maximum absolute atomic E-state index is 12.6. The van der Waals surface area contributed by atoms with E-state index < -0.39 is 0 Å². The van der Waals surface area contributed by atoms with Gasteiger partial charge in [-0.05, 0) is 31.9 Å². The summed E-state index contributed by atoms with van der Waals surface area (Å²) in [7, 11) is 0. The lowest BCUT2D eigenvalue weighted by Gasteiger charge is -2.32. The Morgan fingerprint density at radius 3 is 2.88 bits per heavy atom. The first-order valence-corrected chi connectivity index (χ1v) is 9.38. The Morgan fingerprint density at radius 1 is 1.44 bits per heavy atom. The number of nitrogens with zero attached hydrogens (tertiary/aromatic N) is 2. The molecule has 0 aromatic carbocycles. The lowest BCUT2D eigenvalue weighted by atomic mass is 10.1. The van der Waals surface area contributed by atoms with Gasteiger partial charge in [0.15, 0.2) is 5.76 Å². The van der Waals surface area contributed by atoms with Crippen LogP contribution in [0.5, 0.6) is 0 Å². The second kappa shape index (κ2) is 7.39. The normalized spacial score (nSPS) is 17.8. The predicted octanol–water partition coefficient (Wildman–Crippen LogP) is 3.20. The molecule has 3 rings (SSSR count). The van der Waals surface area contributed by atoms with Crippen LogP contribution < -0.4 is 5.32 Å². The van der Waals surface area contributed by atoms with E-state index in [-0.39, 0.29) is 17.9 Å². The molecule has 1 aliphatic heterocycles. The van der Waals surface area contributed by atoms with Gasteiger partial charge >= 0.3 is 0 Å². The minimum atomic E-state index is -0.125. The molecule has 1 saturated heterocycles. The van der Waals surface area contributed by atoms with Crippen LogP contribution in [0.15, 0.2) is 22.8 Å². The van der Waals surface area contributed by atoms with Crippen LogP contribution in [0, 0.1) is 6.92 Å². The Balaban J connectivity index is 1.64. The molecule has 0 saturated carbocycles. The molecule has 1 atom stereocenters. The van der Waals surface area contributed by atoms with Gasteiger partial charge in [0.25, 0.3) is 11.8 Å². The molecule has 0 spiro atoms. The van der Waals surface area contributed by atoms with E-state index in [9.17, 15) is 9.59 Å². The molecule has 2 amide bonds. The zero-order valence-corrected chi connectivity index (χ0v) is 15.6. The van der Waals surface area contributed by atoms with Crippen molar-refractivity contribution in [2.75, 3.05) is 13.1 Å². The Hall–Kier alpha value is -2.15. The van der Waals surface area contributed by atoms with Gasteiger partial charge in [-0.25, -0.2) is 4.98 Å². The summed E-state index contributed by atoms with van der Waals surface area (Å²) in [6.45, 7) is 7.19. The Labute approximate surface area is 151 Å². The number of aromatic nitrogens is 1. The van der Waals surface area contributed by atoms with E-state index in [1.807, 2.05) is 6.92 Å². The van der Waals surface area contributed by atoms with Gasteiger partial charge in [0.05, 0.1) is 17.0 Å². The minimum Gasteiger partial charge on any atom is -0.459 e. The number of carbonyl (C=O) groups excluding carboxylic acids is 2. The highest BCUT2D eigenvalue weighted by Crippen LogP contribution is 2.25. The van der Waals surface area contributed by atoms with Crippen LogP contribution in [-0.4, -0.2) is 40.8 Å². The molecule has 1 unspecified atom stereocenters. The molecule has 1 aliphatic rings. The standard InChI is InChI=1S/C18H23N3O3S/c1-11(2)17-19-12(3)15(25-17)16(22)20-13-6-4-8-21(10-13)18(23)14-7-5-9-24-14/h5,7,9,11,13H,4,6,8,10H2,1-3H3,(H,20,22). The quantitative estimate of drug-likeness (QED) is 0.907. The number of hydrogen-bond donors (Lipinski definition) is 1. The number of hydrogen-bond acceptors (Lipinski definition) is 5. The molecule has 134 valence electrons. The van der Waals surface area contributed by atoms with Crippen molar-refractivity contribution >= 4 is 23.2 Å². The average Bonchev–Trinajstić information content (AvgIpc) is 3.24. The van der Waals surface area contributed by atoms with Crippen molar-refractivity contribution in [3.05, 3.63) is 39.7 Å². The lowest BCUT2D eigenvalue weighted by Crippen LogP contribution is -2.49. The third-order valence-electron chi connectivity index (χ3n) is 4.29. The molecule has 2 aromatic rings. The molecule has 0 bridgehead atoms. The fourth-order valence-corrected chi connectivity index (χ4v) is 3.93. The van der Waals surface area contributed by atoms with E-state index in [0.717, 1.165) is 23.5 Å². The number of nitrogens with one attached hydrogen (secondary N) is 1. The highest BCUT2D eigenvalue weighted by molar-refractivity contribution is 7.13. The smallest absolute Gasteiger partial charge is 0.289 e. The number of piperidine rings is 1. The Bertz CT molecular complexity index is 752. The van der Waals surface area contributed by atoms with E-state index in [2.05, 4.69) is 24.1 Å². The van der Waals surface area contributed by atoms with Crippen molar-refractivity contribution < 1.29 is 14.0 Å². The second-order valence-corrected chi connectivity index (χ2v) is 7.69. The van der Waals surface area contributed by atoms with Crippen molar-refractivity contribution in [2.45, 2.75) is 45.6 Å². The number of carbonyl (C=O) groups is 2. The number of amides is 2. The van der Waals surface area contributed by atoms with Gasteiger partial charge in [-0.1, -0.05) is 13.8 Å². The summed E-state index contributed by atoms with van der Waals surface area (Å²) in [6, 6.07) is 3.32. The zero-order valence-electron chi connectivity index (χ0n) is 14.7. The van der Waals surface area contributed by atoms with Crippen LogP contribution in [0.4, 0.5) is 0 Å². The van der Waals surface area contributed by atoms with Crippen LogP contribution in [0.25, 0.3) is 0 Å². The predicted molar refractivity (Wildman–Crippen MR) is 96.0 cm³/mol. The monoisotopic (exact) mass is 361 g/mol. The maximum Gasteiger partial charge on any atom is 0.289 e. The van der Waals surface area contributed by atoms with E-state index in [0.29, 0.717) is 29.6 Å². The molecule has 1 N–H and O–H groups in total. The fourth-order valence-electron chi connectivity index (χ4n) is 2.96. The summed E-state index contributed by atoms with van der Waals surface area (Å²) < 4.78 is 5.19. The maximum atomic E-state index is 12.6. The van der Waals surface area contributed by atoms with Gasteiger partial charge in [-0.15, -0.1) is 11.3 Å². The summed E-state index contributed by atoms with van der Waals surface area (Å²) in [6.07, 6.45) is 3.22. The summed E-state index contributed by atoms with van der Waals surface area (Å²) >= 11 is 1.45. The first-order chi connectivity index (χ1) is 12.0. The van der Waals surface area contributed by atoms with Gasteiger partial charge in [-0.3, -0.25) is 9.59 Å². The van der Waals surface area contributed by atoms with Gasteiger partial charge in [-0.2, -0.15) is 0 Å². The third kappa shape index (κ3) is 3.92. The van der Waals surface area contributed by atoms with Gasteiger partial charge < -0.3 is 14.6 Å². The Kier molecular flexibility index (Phi) is 5.22. The molecular formula is C18H23N3O3S. The second-order valence-electron chi connectivity index (χ2n) is 6.66. The summed E-state index contributed by atoms with van der Waals surface area (Å²) in [5.74, 6) is 0.424. The van der Waals surface area contributed by atoms with Gasteiger partial charge in [0.1, 0.15) is 4.88 Å². The average molecular weight is 361 g/mol. The van der Waals surface area contributed by atoms with E-state index in [1.54, 1.807) is 17.0 Å². The number of thiazole rings is 1. The first-order valence-electron chi connectivity index (χ1n) is 8.56. The largest absolute Gasteiger partial charge is 0.459 e. The van der Waals surface area contributed by atoms with Crippen molar-refractivity contribution in [3.8, 4) is 0 Å². The van der Waals surface area contributed by atoms with Gasteiger partial charge in [0, 0.05) is 25.0 Å². The molecule has 0 aliphatic carbocycles. The third-order valence-corrected chi connectivity index (χ3v) is 5.75. The molecule has 3 heterocycles. The topological polar surface area (TPSA) is 75.4 Å². The van der Waals surface area contributed by atoms with E-state index >= 15 is 0 Å². The van der Waals surface area contributed by atoms with Crippen molar-refractivity contribution in [3.63, 3.8) is 0 Å². The zero-order chi connectivity index (χ0) is 18.0. The number of aryl methyl sites for hydroxylation is 1. The van der Waals surface area contributed by atoms with Crippen LogP contribution in [-0.2, 0) is 0 Å². The van der Waals surface area contributed by atoms with Gasteiger partial charge in [0.2, 0.25) is 0 Å². The molecule has 0 radical (unpaired) electrons. The molecule has 25 heavy (non-hydrogen) atoms. The molecule has 7 heteroatoms. The molecule has 2 aromatic heterocycles. The SMILES string of the molecule is Cc1nc(C(C)C)sc1C(=O)NC1CCCN(C(=O)c2ccco2)C1. The summed E-state index contributed by atoms with van der Waals surface area (Å²) in [5, 5.41) is 4.04. The summed E-state index contributed by atoms with van der Waals surface area (Å²) in [4.78, 5) is 31.9.